The monoisotopic (exact) mass is 273 g/mol. The number of nitrogens with zero attached hydrogens (tertiary/aromatic N) is 3. The van der Waals surface area contributed by atoms with E-state index in [-0.39, 0.29) is 5.56 Å². The second kappa shape index (κ2) is 6.38. The van der Waals surface area contributed by atoms with Crippen LogP contribution in [-0.4, -0.2) is 26.5 Å². The van der Waals surface area contributed by atoms with Gasteiger partial charge in [0.25, 0.3) is 5.56 Å². The van der Waals surface area contributed by atoms with E-state index in [1.54, 1.807) is 19.2 Å². The van der Waals surface area contributed by atoms with E-state index in [2.05, 4.69) is 39.1 Å². The lowest BCUT2D eigenvalue weighted by atomic mass is 10.2. The summed E-state index contributed by atoms with van der Waals surface area (Å²) < 4.78 is 0. The third-order valence-corrected chi connectivity index (χ3v) is 2.67. The van der Waals surface area contributed by atoms with Crippen molar-refractivity contribution >= 4 is 0 Å². The van der Waals surface area contributed by atoms with Gasteiger partial charge in [0.15, 0.2) is 5.82 Å². The van der Waals surface area contributed by atoms with Crippen LogP contribution in [0.4, 0.5) is 0 Å². The zero-order valence-electron chi connectivity index (χ0n) is 12.0. The van der Waals surface area contributed by atoms with E-state index >= 15 is 0 Å². The molecule has 0 saturated carbocycles. The summed E-state index contributed by atoms with van der Waals surface area (Å²) in [6, 6.07) is 3.24. The lowest BCUT2D eigenvalue weighted by molar-refractivity contribution is 0.548. The molecular formula is C14H19N5O. The van der Waals surface area contributed by atoms with Crippen LogP contribution in [0.5, 0.6) is 0 Å². The summed E-state index contributed by atoms with van der Waals surface area (Å²) in [5.41, 5.74) is 1.16. The second-order valence-electron chi connectivity index (χ2n) is 5.10. The minimum absolute atomic E-state index is 0.174. The number of rotatable bonds is 5. The molecule has 0 amide bonds. The van der Waals surface area contributed by atoms with Crippen molar-refractivity contribution in [1.82, 2.24) is 25.3 Å². The maximum absolute atomic E-state index is 11.7. The molecule has 0 radical (unpaired) electrons. The lowest BCUT2D eigenvalue weighted by Crippen LogP contribution is -2.21. The third kappa shape index (κ3) is 3.96. The molecule has 0 spiro atoms. The van der Waals surface area contributed by atoms with Gasteiger partial charge in [0.1, 0.15) is 11.5 Å². The van der Waals surface area contributed by atoms with Crippen LogP contribution < -0.4 is 10.9 Å². The predicted molar refractivity (Wildman–Crippen MR) is 77.2 cm³/mol. The molecule has 2 aromatic rings. The molecule has 0 aliphatic heterocycles. The number of aromatic amines is 1. The van der Waals surface area contributed by atoms with Crippen molar-refractivity contribution in [1.29, 1.82) is 0 Å². The molecule has 0 aliphatic carbocycles. The molecule has 2 rings (SSSR count). The molecule has 2 N–H and O–H groups in total. The van der Waals surface area contributed by atoms with Gasteiger partial charge < -0.3 is 10.3 Å². The van der Waals surface area contributed by atoms with Gasteiger partial charge in [-0.3, -0.25) is 4.79 Å². The SMILES string of the molecule is Cc1nccc(-c2nc(CNCC(C)C)cc(=O)[nH]2)n1. The number of aryl methyl sites for hydroxylation is 1. The molecule has 0 bridgehead atoms. The van der Waals surface area contributed by atoms with Crippen LogP contribution in [0.1, 0.15) is 25.4 Å². The van der Waals surface area contributed by atoms with Crippen molar-refractivity contribution in [2.24, 2.45) is 5.92 Å². The third-order valence-electron chi connectivity index (χ3n) is 2.67. The highest BCUT2D eigenvalue weighted by Gasteiger charge is 2.06. The molecule has 0 aliphatic rings. The molecule has 6 nitrogen and oxygen atoms in total. The van der Waals surface area contributed by atoms with Gasteiger partial charge in [-0.15, -0.1) is 0 Å². The highest BCUT2D eigenvalue weighted by Crippen LogP contribution is 2.09. The Bertz CT molecular complexity index is 635. The number of hydrogen-bond donors (Lipinski definition) is 2. The van der Waals surface area contributed by atoms with Crippen molar-refractivity contribution in [2.75, 3.05) is 6.54 Å². The number of H-pyrrole nitrogens is 1. The zero-order chi connectivity index (χ0) is 14.5. The number of nitrogens with one attached hydrogen (secondary N) is 2. The minimum Gasteiger partial charge on any atom is -0.311 e. The highest BCUT2D eigenvalue weighted by molar-refractivity contribution is 5.47. The molecule has 20 heavy (non-hydrogen) atoms. The molecule has 0 fully saturated rings. The summed E-state index contributed by atoms with van der Waals surface area (Å²) in [5, 5.41) is 3.27. The zero-order valence-corrected chi connectivity index (χ0v) is 12.0. The van der Waals surface area contributed by atoms with Crippen molar-refractivity contribution in [3.63, 3.8) is 0 Å². The summed E-state index contributed by atoms with van der Waals surface area (Å²) in [6.07, 6.45) is 1.65. The summed E-state index contributed by atoms with van der Waals surface area (Å²) in [5.74, 6) is 1.68. The molecular weight excluding hydrogens is 254 g/mol. The Labute approximate surface area is 117 Å². The fourth-order valence-corrected chi connectivity index (χ4v) is 1.80. The number of aromatic nitrogens is 4. The number of hydrogen-bond acceptors (Lipinski definition) is 5. The van der Waals surface area contributed by atoms with Crippen molar-refractivity contribution < 1.29 is 0 Å². The molecule has 2 heterocycles. The summed E-state index contributed by atoms with van der Waals surface area (Å²) in [4.78, 5) is 27.1. The second-order valence-corrected chi connectivity index (χ2v) is 5.10. The minimum atomic E-state index is -0.174. The summed E-state index contributed by atoms with van der Waals surface area (Å²) in [6.45, 7) is 7.52. The van der Waals surface area contributed by atoms with Gasteiger partial charge in [0, 0.05) is 18.8 Å². The average Bonchev–Trinajstić information content (AvgIpc) is 2.37. The molecule has 6 heteroatoms. The largest absolute Gasteiger partial charge is 0.311 e. The smallest absolute Gasteiger partial charge is 0.251 e. The maximum Gasteiger partial charge on any atom is 0.251 e. The molecule has 2 aromatic heterocycles. The first kappa shape index (κ1) is 14.3. The van der Waals surface area contributed by atoms with E-state index < -0.39 is 0 Å². The van der Waals surface area contributed by atoms with E-state index in [0.29, 0.717) is 35.5 Å². The van der Waals surface area contributed by atoms with Gasteiger partial charge in [-0.25, -0.2) is 15.0 Å². The van der Waals surface area contributed by atoms with E-state index in [9.17, 15) is 4.79 Å². The van der Waals surface area contributed by atoms with E-state index in [0.717, 1.165) is 6.54 Å². The normalized spacial score (nSPS) is 11.0. The van der Waals surface area contributed by atoms with Crippen molar-refractivity contribution in [2.45, 2.75) is 27.3 Å². The maximum atomic E-state index is 11.7. The van der Waals surface area contributed by atoms with Crippen LogP contribution >= 0.6 is 0 Å². The first-order valence-electron chi connectivity index (χ1n) is 6.65. The van der Waals surface area contributed by atoms with Gasteiger partial charge in [0.05, 0.1) is 5.69 Å². The lowest BCUT2D eigenvalue weighted by Gasteiger charge is -2.08. The van der Waals surface area contributed by atoms with Crippen LogP contribution in [0.25, 0.3) is 11.5 Å². The van der Waals surface area contributed by atoms with Crippen molar-refractivity contribution in [3.8, 4) is 11.5 Å². The highest BCUT2D eigenvalue weighted by atomic mass is 16.1. The molecule has 0 saturated heterocycles. The van der Waals surface area contributed by atoms with Crippen LogP contribution in [0.2, 0.25) is 0 Å². The van der Waals surface area contributed by atoms with Gasteiger partial charge in [-0.1, -0.05) is 13.8 Å². The Morgan fingerprint density at radius 1 is 1.35 bits per heavy atom. The van der Waals surface area contributed by atoms with E-state index in [1.165, 1.54) is 6.07 Å². The first-order valence-corrected chi connectivity index (χ1v) is 6.65. The molecule has 0 atom stereocenters. The Balaban J connectivity index is 2.22. The fourth-order valence-electron chi connectivity index (χ4n) is 1.80. The molecule has 0 unspecified atom stereocenters. The Kier molecular flexibility index (Phi) is 4.57. The molecule has 0 aromatic carbocycles. The Morgan fingerprint density at radius 2 is 2.15 bits per heavy atom. The van der Waals surface area contributed by atoms with E-state index in [1.807, 2.05) is 0 Å². The van der Waals surface area contributed by atoms with Gasteiger partial charge in [-0.2, -0.15) is 0 Å². The van der Waals surface area contributed by atoms with Gasteiger partial charge in [0.2, 0.25) is 0 Å². The first-order chi connectivity index (χ1) is 9.54. The standard InChI is InChI=1S/C14H19N5O/c1-9(2)7-15-8-11-6-13(20)19-14(18-11)12-4-5-16-10(3)17-12/h4-6,9,15H,7-8H2,1-3H3,(H,18,19,20). The Morgan fingerprint density at radius 3 is 2.85 bits per heavy atom. The quantitative estimate of drug-likeness (QED) is 0.857. The summed E-state index contributed by atoms with van der Waals surface area (Å²) in [7, 11) is 0. The average molecular weight is 273 g/mol. The van der Waals surface area contributed by atoms with Crippen LogP contribution in [0.15, 0.2) is 23.1 Å². The van der Waals surface area contributed by atoms with Gasteiger partial charge in [-0.05, 0) is 25.5 Å². The summed E-state index contributed by atoms with van der Waals surface area (Å²) >= 11 is 0. The Hall–Kier alpha value is -2.08. The predicted octanol–water partition coefficient (Wildman–Crippen LogP) is 1.28. The van der Waals surface area contributed by atoms with Crippen LogP contribution in [0.3, 0.4) is 0 Å². The van der Waals surface area contributed by atoms with E-state index in [4.69, 9.17) is 0 Å². The van der Waals surface area contributed by atoms with Gasteiger partial charge >= 0.3 is 0 Å². The topological polar surface area (TPSA) is 83.6 Å². The molecule has 106 valence electrons. The van der Waals surface area contributed by atoms with Crippen LogP contribution in [0, 0.1) is 12.8 Å². The van der Waals surface area contributed by atoms with Crippen molar-refractivity contribution in [3.05, 3.63) is 40.2 Å². The van der Waals surface area contributed by atoms with Crippen LogP contribution in [-0.2, 0) is 6.54 Å². The fraction of sp³-hybridized carbons (Fsp3) is 0.429.